The van der Waals surface area contributed by atoms with Crippen LogP contribution in [-0.2, 0) is 11.8 Å². The number of carbonyl (C=O) groups is 1. The van der Waals surface area contributed by atoms with E-state index in [9.17, 15) is 4.79 Å². The number of hydrogen-bond donors (Lipinski definition) is 1. The molecule has 1 N–H and O–H groups in total. The molecule has 0 aliphatic carbocycles. The first-order chi connectivity index (χ1) is 7.19. The molecule has 1 heterocycles. The summed E-state index contributed by atoms with van der Waals surface area (Å²) in [4.78, 5) is 11.4. The van der Waals surface area contributed by atoms with E-state index >= 15 is 0 Å². The number of aryl methyl sites for hydroxylation is 1. The Morgan fingerprint density at radius 3 is 2.94 bits per heavy atom. The maximum Gasteiger partial charge on any atom is 0.338 e. The van der Waals surface area contributed by atoms with Gasteiger partial charge in [0, 0.05) is 12.1 Å². The van der Waals surface area contributed by atoms with Crippen molar-refractivity contribution in [3.8, 4) is 0 Å². The van der Waals surface area contributed by atoms with Crippen molar-refractivity contribution < 1.29 is 43.3 Å². The van der Waals surface area contributed by atoms with Crippen molar-refractivity contribution in [3.05, 3.63) is 29.6 Å². The average molecular weight is 336 g/mol. The topological polar surface area (TPSA) is 62.8 Å². The molecule has 1 aromatic heterocycles. The van der Waals surface area contributed by atoms with Crippen LogP contribution in [0.5, 0.6) is 0 Å². The van der Waals surface area contributed by atoms with Gasteiger partial charge in [0.25, 0.3) is 0 Å². The molecule has 0 saturated carbocycles. The van der Waals surface area contributed by atoms with Crippen LogP contribution in [0.25, 0.3) is 0 Å². The van der Waals surface area contributed by atoms with Gasteiger partial charge in [-0.15, -0.1) is 0 Å². The van der Waals surface area contributed by atoms with Gasteiger partial charge in [0.15, 0.2) is 6.20 Å². The van der Waals surface area contributed by atoms with Gasteiger partial charge in [0.1, 0.15) is 13.3 Å². The predicted molar refractivity (Wildman–Crippen MR) is 53.0 cm³/mol. The largest absolute Gasteiger partial charge is 1.00 e. The lowest BCUT2D eigenvalue weighted by atomic mass is 10.2. The van der Waals surface area contributed by atoms with E-state index in [0.717, 1.165) is 0 Å². The standard InChI is InChI=1S/C10H12N2O3.HI/c1-3-15-10(13)8-4-5-12(2)9(6-8)7-11-14;/h4-7H,3H2,1-2H3;1H. The van der Waals surface area contributed by atoms with E-state index in [1.54, 1.807) is 36.9 Å². The van der Waals surface area contributed by atoms with Crippen molar-refractivity contribution in [2.45, 2.75) is 6.92 Å². The molecular formula is C10H13IN2O3. The van der Waals surface area contributed by atoms with Gasteiger partial charge in [-0.05, 0) is 6.92 Å². The highest BCUT2D eigenvalue weighted by Gasteiger charge is 2.12. The number of nitrogens with zero attached hydrogens (tertiary/aromatic N) is 2. The van der Waals surface area contributed by atoms with Crippen molar-refractivity contribution in [2.75, 3.05) is 6.61 Å². The fraction of sp³-hybridized carbons (Fsp3) is 0.300. The second-order valence-electron chi connectivity index (χ2n) is 2.92. The molecule has 16 heavy (non-hydrogen) atoms. The van der Waals surface area contributed by atoms with Crippen molar-refractivity contribution in [3.63, 3.8) is 0 Å². The number of ether oxygens (including phenoxy) is 1. The molecule has 0 radical (unpaired) electrons. The lowest BCUT2D eigenvalue weighted by Gasteiger charge is -2.01. The lowest BCUT2D eigenvalue weighted by molar-refractivity contribution is -0.672. The van der Waals surface area contributed by atoms with Crippen molar-refractivity contribution in [2.24, 2.45) is 12.2 Å². The van der Waals surface area contributed by atoms with Crippen LogP contribution in [0, 0.1) is 0 Å². The molecule has 0 amide bonds. The molecular weight excluding hydrogens is 323 g/mol. The van der Waals surface area contributed by atoms with Gasteiger partial charge in [-0.1, -0.05) is 5.16 Å². The zero-order chi connectivity index (χ0) is 11.3. The van der Waals surface area contributed by atoms with Crippen LogP contribution >= 0.6 is 0 Å². The maximum atomic E-state index is 11.4. The molecule has 0 saturated heterocycles. The first-order valence-electron chi connectivity index (χ1n) is 4.53. The van der Waals surface area contributed by atoms with E-state index in [1.807, 2.05) is 0 Å². The Bertz CT molecular complexity index is 394. The number of oxime groups is 1. The van der Waals surface area contributed by atoms with Crippen LogP contribution in [0.2, 0.25) is 0 Å². The molecule has 0 aliphatic heterocycles. The van der Waals surface area contributed by atoms with Crippen LogP contribution in [0.3, 0.4) is 0 Å². The summed E-state index contributed by atoms with van der Waals surface area (Å²) in [5.41, 5.74) is 1.05. The van der Waals surface area contributed by atoms with E-state index in [1.165, 1.54) is 6.21 Å². The molecule has 1 aromatic rings. The van der Waals surface area contributed by atoms with Gasteiger partial charge in [-0.2, -0.15) is 0 Å². The molecule has 0 atom stereocenters. The highest BCUT2D eigenvalue weighted by Crippen LogP contribution is 2.01. The summed E-state index contributed by atoms with van der Waals surface area (Å²) in [6.07, 6.45) is 2.95. The number of halogens is 1. The summed E-state index contributed by atoms with van der Waals surface area (Å²) in [7, 11) is 1.78. The first kappa shape index (κ1) is 14.8. The van der Waals surface area contributed by atoms with Crippen LogP contribution in [0.1, 0.15) is 23.0 Å². The third-order valence-corrected chi connectivity index (χ3v) is 1.89. The Morgan fingerprint density at radius 1 is 1.69 bits per heavy atom. The number of hydrogen-bond acceptors (Lipinski definition) is 4. The molecule has 1 rings (SSSR count). The minimum Gasteiger partial charge on any atom is -1.00 e. The maximum absolute atomic E-state index is 11.4. The fourth-order valence-electron chi connectivity index (χ4n) is 1.12. The van der Waals surface area contributed by atoms with E-state index < -0.39 is 0 Å². The minimum atomic E-state index is -0.384. The van der Waals surface area contributed by atoms with Gasteiger partial charge >= 0.3 is 5.97 Å². The van der Waals surface area contributed by atoms with Crippen molar-refractivity contribution in [1.29, 1.82) is 0 Å². The van der Waals surface area contributed by atoms with Crippen LogP contribution in [0.15, 0.2) is 23.5 Å². The Morgan fingerprint density at radius 2 is 2.38 bits per heavy atom. The van der Waals surface area contributed by atoms with Crippen LogP contribution < -0.4 is 28.5 Å². The molecule has 5 nitrogen and oxygen atoms in total. The third-order valence-electron chi connectivity index (χ3n) is 1.89. The average Bonchev–Trinajstić information content (AvgIpc) is 2.22. The molecule has 0 unspecified atom stereocenters. The molecule has 0 aromatic carbocycles. The number of pyridine rings is 1. The molecule has 88 valence electrons. The second kappa shape index (κ2) is 7.15. The number of aromatic nitrogens is 1. The summed E-state index contributed by atoms with van der Waals surface area (Å²) >= 11 is 0. The highest BCUT2D eigenvalue weighted by atomic mass is 127. The SMILES string of the molecule is CCOC(=O)c1cc[n+](C)c(/C=N/O)c1.[I-]. The summed E-state index contributed by atoms with van der Waals surface area (Å²) in [6, 6.07) is 3.24. The molecule has 0 fully saturated rings. The van der Waals surface area contributed by atoms with Gasteiger partial charge in [0.2, 0.25) is 5.69 Å². The summed E-state index contributed by atoms with van der Waals surface area (Å²) < 4.78 is 6.57. The molecule has 6 heteroatoms. The van der Waals surface area contributed by atoms with E-state index in [0.29, 0.717) is 17.9 Å². The normalized spacial score (nSPS) is 9.88. The first-order valence-corrected chi connectivity index (χ1v) is 4.53. The fourth-order valence-corrected chi connectivity index (χ4v) is 1.12. The Hall–Kier alpha value is -1.18. The number of carbonyl (C=O) groups excluding carboxylic acids is 1. The van der Waals surface area contributed by atoms with E-state index in [4.69, 9.17) is 9.94 Å². The summed E-state index contributed by atoms with van der Waals surface area (Å²) in [5, 5.41) is 11.3. The molecule has 0 spiro atoms. The Labute approximate surface area is 111 Å². The van der Waals surface area contributed by atoms with Gasteiger partial charge in [0.05, 0.1) is 12.2 Å². The second-order valence-corrected chi connectivity index (χ2v) is 2.92. The van der Waals surface area contributed by atoms with Gasteiger partial charge in [-0.25, -0.2) is 9.36 Å². The smallest absolute Gasteiger partial charge is 0.338 e. The van der Waals surface area contributed by atoms with Crippen LogP contribution in [-0.4, -0.2) is 24.0 Å². The van der Waals surface area contributed by atoms with Crippen LogP contribution in [0.4, 0.5) is 0 Å². The Balaban J connectivity index is 0.00000225. The van der Waals surface area contributed by atoms with Gasteiger partial charge in [-0.3, -0.25) is 0 Å². The highest BCUT2D eigenvalue weighted by molar-refractivity contribution is 5.90. The zero-order valence-electron chi connectivity index (χ0n) is 9.05. The van der Waals surface area contributed by atoms with E-state index in [2.05, 4.69) is 5.16 Å². The summed E-state index contributed by atoms with van der Waals surface area (Å²) in [6.45, 7) is 2.08. The quantitative estimate of drug-likeness (QED) is 0.166. The van der Waals surface area contributed by atoms with Gasteiger partial charge < -0.3 is 33.9 Å². The third kappa shape index (κ3) is 3.76. The Kier molecular flexibility index (Phi) is 6.63. The monoisotopic (exact) mass is 336 g/mol. The zero-order valence-corrected chi connectivity index (χ0v) is 11.2. The lowest BCUT2D eigenvalue weighted by Crippen LogP contribution is -3.00. The minimum absolute atomic E-state index is 0. The van der Waals surface area contributed by atoms with Crippen molar-refractivity contribution >= 4 is 12.2 Å². The number of esters is 1. The molecule has 0 bridgehead atoms. The summed E-state index contributed by atoms with van der Waals surface area (Å²) in [5.74, 6) is -0.384. The van der Waals surface area contributed by atoms with Crippen molar-refractivity contribution in [1.82, 2.24) is 0 Å². The molecule has 0 aliphatic rings. The van der Waals surface area contributed by atoms with E-state index in [-0.39, 0.29) is 29.9 Å². The number of rotatable bonds is 3. The predicted octanol–water partition coefficient (Wildman–Crippen LogP) is -2.50.